The van der Waals surface area contributed by atoms with Crippen molar-refractivity contribution in [1.29, 1.82) is 0 Å². The molecule has 1 N–H and O–H groups in total. The smallest absolute Gasteiger partial charge is 0.194 e. The molecule has 0 spiro atoms. The number of nitrogens with zero attached hydrogens (tertiary/aromatic N) is 3. The molecule has 2 atom stereocenters. The molecule has 0 bridgehead atoms. The van der Waals surface area contributed by atoms with E-state index in [9.17, 15) is 22.3 Å². The maximum atomic E-state index is 14.4. The molecular weight excluding hydrogens is 388 g/mol. The zero-order valence-corrected chi connectivity index (χ0v) is 16.1. The Hall–Kier alpha value is -2.68. The van der Waals surface area contributed by atoms with Crippen LogP contribution in [-0.4, -0.2) is 46.9 Å². The van der Waals surface area contributed by atoms with Gasteiger partial charge in [-0.2, -0.15) is 5.10 Å². The fourth-order valence-electron chi connectivity index (χ4n) is 3.62. The van der Waals surface area contributed by atoms with Gasteiger partial charge in [0, 0.05) is 24.2 Å². The summed E-state index contributed by atoms with van der Waals surface area (Å²) >= 11 is 0. The van der Waals surface area contributed by atoms with Crippen molar-refractivity contribution >= 4 is 26.4 Å². The summed E-state index contributed by atoms with van der Waals surface area (Å²) in [6, 6.07) is 8.09. The van der Waals surface area contributed by atoms with E-state index in [1.165, 1.54) is 10.9 Å². The van der Waals surface area contributed by atoms with Crippen LogP contribution in [0.4, 0.5) is 14.5 Å². The highest BCUT2D eigenvalue weighted by atomic mass is 32.2. The first-order valence-corrected chi connectivity index (χ1v) is 10.4. The third-order valence-electron chi connectivity index (χ3n) is 5.26. The van der Waals surface area contributed by atoms with E-state index in [-0.39, 0.29) is 10.9 Å². The van der Waals surface area contributed by atoms with Gasteiger partial charge in [-0.25, -0.2) is 21.9 Å². The number of phenols is 1. The van der Waals surface area contributed by atoms with Crippen molar-refractivity contribution in [2.75, 3.05) is 18.0 Å². The SMILES string of the molecule is CC1CN(c2ccc(-n3ncc4cc(F)c(O)c(F)c43)cc2)CC(C)S1(=O)=O. The molecule has 1 aliphatic rings. The first-order chi connectivity index (χ1) is 13.2. The Kier molecular flexibility index (Phi) is 4.29. The minimum atomic E-state index is -3.11. The summed E-state index contributed by atoms with van der Waals surface area (Å²) in [5, 5.41) is 13.0. The van der Waals surface area contributed by atoms with Crippen LogP contribution in [0.25, 0.3) is 16.6 Å². The van der Waals surface area contributed by atoms with Gasteiger partial charge in [-0.05, 0) is 44.2 Å². The molecule has 0 saturated carbocycles. The highest BCUT2D eigenvalue weighted by molar-refractivity contribution is 7.92. The van der Waals surface area contributed by atoms with Crippen molar-refractivity contribution in [2.45, 2.75) is 24.3 Å². The van der Waals surface area contributed by atoms with Crippen LogP contribution in [0.5, 0.6) is 5.75 Å². The summed E-state index contributed by atoms with van der Waals surface area (Å²) in [4.78, 5) is 2.00. The predicted molar refractivity (Wildman–Crippen MR) is 103 cm³/mol. The molecule has 0 aliphatic carbocycles. The largest absolute Gasteiger partial charge is 0.503 e. The Morgan fingerprint density at radius 2 is 1.64 bits per heavy atom. The van der Waals surface area contributed by atoms with Gasteiger partial charge in [0.2, 0.25) is 0 Å². The van der Waals surface area contributed by atoms with Gasteiger partial charge in [-0.15, -0.1) is 0 Å². The molecule has 1 aromatic heterocycles. The van der Waals surface area contributed by atoms with Crippen molar-refractivity contribution < 1.29 is 22.3 Å². The predicted octanol–water partition coefficient (Wildman–Crippen LogP) is 3.02. The molecule has 3 aromatic rings. The minimum absolute atomic E-state index is 0.0158. The maximum Gasteiger partial charge on any atom is 0.194 e. The molecule has 6 nitrogen and oxygen atoms in total. The third kappa shape index (κ3) is 2.81. The molecule has 4 rings (SSSR count). The highest BCUT2D eigenvalue weighted by Crippen LogP contribution is 2.31. The van der Waals surface area contributed by atoms with Crippen LogP contribution in [0.2, 0.25) is 0 Å². The number of hydrogen-bond acceptors (Lipinski definition) is 5. The van der Waals surface area contributed by atoms with Gasteiger partial charge in [0.15, 0.2) is 27.2 Å². The fraction of sp³-hybridized carbons (Fsp3) is 0.316. The molecular formula is C19H19F2N3O3S. The van der Waals surface area contributed by atoms with E-state index < -0.39 is 37.7 Å². The number of phenolic OH excluding ortho intramolecular Hbond substituents is 1. The Morgan fingerprint density at radius 3 is 2.25 bits per heavy atom. The normalized spacial score (nSPS) is 21.9. The van der Waals surface area contributed by atoms with Crippen molar-refractivity contribution in [3.8, 4) is 11.4 Å². The molecule has 2 unspecified atom stereocenters. The number of hydrogen-bond donors (Lipinski definition) is 1. The van der Waals surface area contributed by atoms with Crippen molar-refractivity contribution in [2.24, 2.45) is 0 Å². The number of aromatic nitrogens is 2. The molecule has 28 heavy (non-hydrogen) atoms. The average molecular weight is 407 g/mol. The monoisotopic (exact) mass is 407 g/mol. The van der Waals surface area contributed by atoms with E-state index in [1.807, 2.05) is 17.0 Å². The van der Waals surface area contributed by atoms with Crippen LogP contribution in [0, 0.1) is 11.6 Å². The lowest BCUT2D eigenvalue weighted by Crippen LogP contribution is -2.50. The summed E-state index contributed by atoms with van der Waals surface area (Å²) in [7, 11) is -3.11. The first-order valence-electron chi connectivity index (χ1n) is 8.83. The van der Waals surface area contributed by atoms with Crippen LogP contribution >= 0.6 is 0 Å². The molecule has 0 amide bonds. The Balaban J connectivity index is 1.68. The maximum absolute atomic E-state index is 14.4. The average Bonchev–Trinajstić information content (AvgIpc) is 3.08. The van der Waals surface area contributed by atoms with Gasteiger partial charge >= 0.3 is 0 Å². The standard InChI is InChI=1S/C19H19F2N3O3S/c1-11-9-23(10-12(2)28(11,26)27)14-3-5-15(6-4-14)24-18-13(8-22-24)7-16(20)19(25)17(18)21/h3-8,11-12,25H,9-10H2,1-2H3. The van der Waals surface area contributed by atoms with Crippen LogP contribution in [-0.2, 0) is 9.84 Å². The van der Waals surface area contributed by atoms with E-state index in [2.05, 4.69) is 5.10 Å². The molecule has 1 fully saturated rings. The number of sulfone groups is 1. The topological polar surface area (TPSA) is 75.4 Å². The van der Waals surface area contributed by atoms with Crippen molar-refractivity contribution in [3.05, 3.63) is 48.2 Å². The van der Waals surface area contributed by atoms with E-state index in [4.69, 9.17) is 0 Å². The Bertz CT molecular complexity index is 1140. The van der Waals surface area contributed by atoms with Crippen LogP contribution < -0.4 is 4.90 Å². The zero-order valence-electron chi connectivity index (χ0n) is 15.3. The molecule has 2 heterocycles. The van der Waals surface area contributed by atoms with Crippen LogP contribution in [0.15, 0.2) is 36.5 Å². The summed E-state index contributed by atoms with van der Waals surface area (Å²) in [5.41, 5.74) is 1.37. The molecule has 9 heteroatoms. The van der Waals surface area contributed by atoms with Crippen molar-refractivity contribution in [1.82, 2.24) is 9.78 Å². The van der Waals surface area contributed by atoms with E-state index >= 15 is 0 Å². The number of halogens is 2. The Morgan fingerprint density at radius 1 is 1.07 bits per heavy atom. The van der Waals surface area contributed by atoms with Crippen molar-refractivity contribution in [3.63, 3.8) is 0 Å². The van der Waals surface area contributed by atoms with E-state index in [0.29, 0.717) is 18.8 Å². The Labute approximate surface area is 160 Å². The van der Waals surface area contributed by atoms with Gasteiger partial charge in [0.05, 0.1) is 22.4 Å². The minimum Gasteiger partial charge on any atom is -0.503 e. The first kappa shape index (κ1) is 18.7. The van der Waals surface area contributed by atoms with Crippen LogP contribution in [0.1, 0.15) is 13.8 Å². The van der Waals surface area contributed by atoms with Gasteiger partial charge in [0.1, 0.15) is 5.52 Å². The van der Waals surface area contributed by atoms with Gasteiger partial charge in [-0.3, -0.25) is 0 Å². The van der Waals surface area contributed by atoms with Gasteiger partial charge in [-0.1, -0.05) is 0 Å². The molecule has 1 saturated heterocycles. The zero-order chi connectivity index (χ0) is 20.2. The number of fused-ring (bicyclic) bond motifs is 1. The lowest BCUT2D eigenvalue weighted by atomic mass is 10.2. The molecule has 1 aliphatic heterocycles. The fourth-order valence-corrected chi connectivity index (χ4v) is 5.19. The lowest BCUT2D eigenvalue weighted by molar-refractivity contribution is 0.399. The van der Waals surface area contributed by atoms with Gasteiger partial charge < -0.3 is 10.0 Å². The third-order valence-corrected chi connectivity index (χ3v) is 7.80. The molecule has 148 valence electrons. The summed E-state index contributed by atoms with van der Waals surface area (Å²) in [5.74, 6) is -3.15. The summed E-state index contributed by atoms with van der Waals surface area (Å²) in [6.07, 6.45) is 1.33. The molecule has 2 aromatic carbocycles. The van der Waals surface area contributed by atoms with Crippen LogP contribution in [0.3, 0.4) is 0 Å². The number of rotatable bonds is 2. The number of anilines is 1. The second-order valence-corrected chi connectivity index (χ2v) is 9.93. The van der Waals surface area contributed by atoms with E-state index in [0.717, 1.165) is 11.8 Å². The second-order valence-electron chi connectivity index (χ2n) is 7.15. The van der Waals surface area contributed by atoms with E-state index in [1.54, 1.807) is 26.0 Å². The number of aromatic hydroxyl groups is 1. The molecule has 0 radical (unpaired) electrons. The quantitative estimate of drug-likeness (QED) is 0.707. The second kappa shape index (κ2) is 6.44. The lowest BCUT2D eigenvalue weighted by Gasteiger charge is -2.36. The highest BCUT2D eigenvalue weighted by Gasteiger charge is 2.35. The summed E-state index contributed by atoms with van der Waals surface area (Å²) < 4.78 is 53.5. The van der Waals surface area contributed by atoms with Gasteiger partial charge in [0.25, 0.3) is 0 Å². The summed E-state index contributed by atoms with van der Waals surface area (Å²) in [6.45, 7) is 4.21. The number of benzene rings is 2.